The van der Waals surface area contributed by atoms with Crippen LogP contribution in [0.25, 0.3) is 0 Å². The summed E-state index contributed by atoms with van der Waals surface area (Å²) in [7, 11) is 3.99. The summed E-state index contributed by atoms with van der Waals surface area (Å²) in [5.41, 5.74) is 2.94. The zero-order valence-corrected chi connectivity index (χ0v) is 11.8. The van der Waals surface area contributed by atoms with Crippen LogP contribution in [0.15, 0.2) is 18.2 Å². The van der Waals surface area contributed by atoms with E-state index in [2.05, 4.69) is 49.3 Å². The van der Waals surface area contributed by atoms with Gasteiger partial charge in [0.15, 0.2) is 0 Å². The van der Waals surface area contributed by atoms with E-state index in [4.69, 9.17) is 0 Å². The van der Waals surface area contributed by atoms with E-state index in [-0.39, 0.29) is 0 Å². The molecule has 3 heteroatoms. The van der Waals surface area contributed by atoms with Crippen LogP contribution in [0.5, 0.6) is 0 Å². The fourth-order valence-corrected chi connectivity index (χ4v) is 2.33. The quantitative estimate of drug-likeness (QED) is 0.837. The van der Waals surface area contributed by atoms with Gasteiger partial charge in [-0.2, -0.15) is 5.26 Å². The highest BCUT2D eigenvalue weighted by Gasteiger charge is 2.14. The number of nitrogens with zero attached hydrogens (tertiary/aromatic N) is 2. The molecule has 0 saturated carbocycles. The van der Waals surface area contributed by atoms with Crippen LogP contribution >= 0.6 is 0 Å². The SMILES string of the molecule is CCC(CC)N(C)c1ccc(CNC)cc1C#N. The molecular weight excluding hydrogens is 222 g/mol. The summed E-state index contributed by atoms with van der Waals surface area (Å²) in [6.45, 7) is 5.17. The molecule has 0 bridgehead atoms. The molecule has 0 spiro atoms. The van der Waals surface area contributed by atoms with Gasteiger partial charge < -0.3 is 10.2 Å². The number of nitrogens with one attached hydrogen (secondary N) is 1. The number of hydrogen-bond donors (Lipinski definition) is 1. The highest BCUT2D eigenvalue weighted by molar-refractivity contribution is 5.60. The first-order valence-corrected chi connectivity index (χ1v) is 6.58. The van der Waals surface area contributed by atoms with Crippen molar-refractivity contribution in [3.05, 3.63) is 29.3 Å². The molecule has 0 saturated heterocycles. The Bertz CT molecular complexity index is 416. The zero-order valence-electron chi connectivity index (χ0n) is 11.8. The second kappa shape index (κ2) is 7.03. The molecular formula is C15H23N3. The molecule has 0 aliphatic carbocycles. The predicted octanol–water partition coefficient (Wildman–Crippen LogP) is 2.90. The molecule has 0 aromatic heterocycles. The molecule has 0 heterocycles. The molecule has 0 fully saturated rings. The molecule has 0 atom stereocenters. The maximum Gasteiger partial charge on any atom is 0.101 e. The maximum atomic E-state index is 9.29. The minimum atomic E-state index is 0.493. The summed E-state index contributed by atoms with van der Waals surface area (Å²) in [6, 6.07) is 8.93. The Morgan fingerprint density at radius 1 is 1.33 bits per heavy atom. The van der Waals surface area contributed by atoms with Gasteiger partial charge in [0.05, 0.1) is 11.3 Å². The normalized spacial score (nSPS) is 10.4. The first kappa shape index (κ1) is 14.5. The average molecular weight is 245 g/mol. The molecule has 3 nitrogen and oxygen atoms in total. The van der Waals surface area contributed by atoms with Gasteiger partial charge >= 0.3 is 0 Å². The standard InChI is InChI=1S/C15H23N3/c1-5-14(6-2)18(4)15-8-7-12(11-17-3)9-13(15)10-16/h7-9,14,17H,5-6,11H2,1-4H3. The Kier molecular flexibility index (Phi) is 5.67. The van der Waals surface area contributed by atoms with E-state index in [1.165, 1.54) is 0 Å². The third-order valence-electron chi connectivity index (χ3n) is 3.43. The lowest BCUT2D eigenvalue weighted by Gasteiger charge is -2.29. The first-order valence-electron chi connectivity index (χ1n) is 6.58. The number of hydrogen-bond acceptors (Lipinski definition) is 3. The predicted molar refractivity (Wildman–Crippen MR) is 76.7 cm³/mol. The van der Waals surface area contributed by atoms with Crippen molar-refractivity contribution in [1.82, 2.24) is 5.32 Å². The van der Waals surface area contributed by atoms with Gasteiger partial charge in [-0.05, 0) is 37.6 Å². The highest BCUT2D eigenvalue weighted by atomic mass is 15.1. The lowest BCUT2D eigenvalue weighted by atomic mass is 10.1. The number of nitriles is 1. The summed E-state index contributed by atoms with van der Waals surface area (Å²) in [5, 5.41) is 12.4. The lowest BCUT2D eigenvalue weighted by molar-refractivity contribution is 0.591. The number of rotatable bonds is 6. The fourth-order valence-electron chi connectivity index (χ4n) is 2.33. The second-order valence-electron chi connectivity index (χ2n) is 4.57. The fraction of sp³-hybridized carbons (Fsp3) is 0.533. The van der Waals surface area contributed by atoms with Crippen molar-refractivity contribution in [3.63, 3.8) is 0 Å². The van der Waals surface area contributed by atoms with E-state index < -0.39 is 0 Å². The molecule has 98 valence electrons. The summed E-state index contributed by atoms with van der Waals surface area (Å²) < 4.78 is 0. The third-order valence-corrected chi connectivity index (χ3v) is 3.43. The number of anilines is 1. The van der Waals surface area contributed by atoms with Gasteiger partial charge in [-0.25, -0.2) is 0 Å². The smallest absolute Gasteiger partial charge is 0.101 e. The average Bonchev–Trinajstić information content (AvgIpc) is 2.40. The Morgan fingerprint density at radius 3 is 2.50 bits per heavy atom. The van der Waals surface area contributed by atoms with Gasteiger partial charge in [-0.1, -0.05) is 19.9 Å². The van der Waals surface area contributed by atoms with Crippen molar-refractivity contribution in [2.75, 3.05) is 19.0 Å². The largest absolute Gasteiger partial charge is 0.371 e. The Hall–Kier alpha value is -1.53. The molecule has 0 radical (unpaired) electrons. The van der Waals surface area contributed by atoms with E-state index >= 15 is 0 Å². The van der Waals surface area contributed by atoms with E-state index in [0.717, 1.165) is 36.2 Å². The second-order valence-corrected chi connectivity index (χ2v) is 4.57. The van der Waals surface area contributed by atoms with Gasteiger partial charge in [-0.15, -0.1) is 0 Å². The van der Waals surface area contributed by atoms with Gasteiger partial charge in [0.2, 0.25) is 0 Å². The van der Waals surface area contributed by atoms with Crippen LogP contribution < -0.4 is 10.2 Å². The van der Waals surface area contributed by atoms with Gasteiger partial charge in [0.1, 0.15) is 6.07 Å². The molecule has 0 aliphatic rings. The summed E-state index contributed by atoms with van der Waals surface area (Å²) in [5.74, 6) is 0. The highest BCUT2D eigenvalue weighted by Crippen LogP contribution is 2.24. The van der Waals surface area contributed by atoms with Crippen molar-refractivity contribution in [2.24, 2.45) is 0 Å². The molecule has 0 unspecified atom stereocenters. The zero-order chi connectivity index (χ0) is 13.5. The van der Waals surface area contributed by atoms with Crippen LogP contribution in [-0.2, 0) is 6.54 Å². The molecule has 1 N–H and O–H groups in total. The van der Waals surface area contributed by atoms with Crippen molar-refractivity contribution < 1.29 is 0 Å². The van der Waals surface area contributed by atoms with Crippen molar-refractivity contribution in [1.29, 1.82) is 5.26 Å². The van der Waals surface area contributed by atoms with Gasteiger partial charge in [-0.3, -0.25) is 0 Å². The van der Waals surface area contributed by atoms with Crippen LogP contribution in [0.3, 0.4) is 0 Å². The summed E-state index contributed by atoms with van der Waals surface area (Å²) in [6.07, 6.45) is 2.19. The maximum absolute atomic E-state index is 9.29. The molecule has 0 amide bonds. The van der Waals surface area contributed by atoms with Gasteiger partial charge in [0, 0.05) is 19.6 Å². The van der Waals surface area contributed by atoms with E-state index in [0.29, 0.717) is 6.04 Å². The first-order chi connectivity index (χ1) is 8.67. The summed E-state index contributed by atoms with van der Waals surface area (Å²) >= 11 is 0. The van der Waals surface area contributed by atoms with Crippen LogP contribution in [0.1, 0.15) is 37.8 Å². The lowest BCUT2D eigenvalue weighted by Crippen LogP contribution is -2.31. The van der Waals surface area contributed by atoms with Crippen molar-refractivity contribution in [2.45, 2.75) is 39.3 Å². The molecule has 1 aromatic carbocycles. The number of benzene rings is 1. The minimum Gasteiger partial charge on any atom is -0.371 e. The van der Waals surface area contributed by atoms with E-state index in [1.54, 1.807) is 0 Å². The van der Waals surface area contributed by atoms with Crippen molar-refractivity contribution >= 4 is 5.69 Å². The van der Waals surface area contributed by atoms with Crippen LogP contribution in [0.2, 0.25) is 0 Å². The van der Waals surface area contributed by atoms with Gasteiger partial charge in [0.25, 0.3) is 0 Å². The minimum absolute atomic E-state index is 0.493. The monoisotopic (exact) mass is 245 g/mol. The molecule has 0 aliphatic heterocycles. The van der Waals surface area contributed by atoms with Crippen molar-refractivity contribution in [3.8, 4) is 6.07 Å². The Balaban J connectivity index is 3.05. The molecule has 1 aromatic rings. The van der Waals surface area contributed by atoms with Crippen LogP contribution in [0.4, 0.5) is 5.69 Å². The van der Waals surface area contributed by atoms with Crippen LogP contribution in [0, 0.1) is 11.3 Å². The molecule has 18 heavy (non-hydrogen) atoms. The van der Waals surface area contributed by atoms with Crippen LogP contribution in [-0.4, -0.2) is 20.1 Å². The van der Waals surface area contributed by atoms with E-state index in [1.807, 2.05) is 13.1 Å². The molecule has 1 rings (SSSR count). The Morgan fingerprint density at radius 2 is 2.00 bits per heavy atom. The summed E-state index contributed by atoms with van der Waals surface area (Å²) in [4.78, 5) is 2.22. The third kappa shape index (κ3) is 3.24. The topological polar surface area (TPSA) is 39.1 Å². The van der Waals surface area contributed by atoms with E-state index in [9.17, 15) is 5.26 Å². The Labute approximate surface area is 110 Å².